The van der Waals surface area contributed by atoms with E-state index in [1.165, 1.54) is 24.0 Å². The lowest BCUT2D eigenvalue weighted by atomic mass is 9.95. The summed E-state index contributed by atoms with van der Waals surface area (Å²) < 4.78 is 0. The maximum Gasteiger partial charge on any atom is 0.267 e. The monoisotopic (exact) mass is 316 g/mol. The molecule has 0 saturated heterocycles. The predicted octanol–water partition coefficient (Wildman–Crippen LogP) is 4.19. The zero-order chi connectivity index (χ0) is 15.7. The summed E-state index contributed by atoms with van der Waals surface area (Å²) in [7, 11) is 0. The number of benzene rings is 1. The highest BCUT2D eigenvalue weighted by Crippen LogP contribution is 2.27. The number of nitrogens with one attached hydrogen (secondary N) is 2. The number of carbonyl (C=O) groups excluding carboxylic acids is 1. The third-order valence-electron chi connectivity index (χ3n) is 4.88. The SMILES string of the molecule is CSC1CCCC(NC(=O)c2cc3c(C)c(C)ccc3[nH]2)C1. The van der Waals surface area contributed by atoms with Crippen LogP contribution in [0.25, 0.3) is 10.9 Å². The minimum Gasteiger partial charge on any atom is -0.351 e. The number of amides is 1. The number of H-pyrrole nitrogens is 1. The molecule has 1 heterocycles. The molecule has 1 amide bonds. The number of aromatic amines is 1. The van der Waals surface area contributed by atoms with Gasteiger partial charge in [0.05, 0.1) is 0 Å². The van der Waals surface area contributed by atoms with Crippen molar-refractivity contribution in [1.29, 1.82) is 0 Å². The second kappa shape index (κ2) is 6.37. The molecular formula is C18H24N2OS. The van der Waals surface area contributed by atoms with Gasteiger partial charge in [0.15, 0.2) is 0 Å². The number of aryl methyl sites for hydroxylation is 2. The van der Waals surface area contributed by atoms with Gasteiger partial charge in [-0.05, 0) is 62.6 Å². The molecule has 3 rings (SSSR count). The number of fused-ring (bicyclic) bond motifs is 1. The van der Waals surface area contributed by atoms with E-state index in [0.717, 1.165) is 23.7 Å². The third-order valence-corrected chi connectivity index (χ3v) is 5.98. The van der Waals surface area contributed by atoms with Crippen LogP contribution < -0.4 is 5.32 Å². The first-order chi connectivity index (χ1) is 10.6. The number of thioether (sulfide) groups is 1. The van der Waals surface area contributed by atoms with Gasteiger partial charge in [0.1, 0.15) is 5.69 Å². The molecule has 1 aliphatic carbocycles. The van der Waals surface area contributed by atoms with Crippen LogP contribution in [0.15, 0.2) is 18.2 Å². The minimum absolute atomic E-state index is 0.0278. The fourth-order valence-corrected chi connectivity index (χ4v) is 4.16. The Kier molecular flexibility index (Phi) is 4.48. The van der Waals surface area contributed by atoms with Crippen molar-refractivity contribution in [3.63, 3.8) is 0 Å². The Balaban J connectivity index is 1.76. The molecule has 1 aromatic carbocycles. The van der Waals surface area contributed by atoms with Crippen LogP contribution in [-0.4, -0.2) is 28.4 Å². The summed E-state index contributed by atoms with van der Waals surface area (Å²) in [5, 5.41) is 5.05. The number of hydrogen-bond acceptors (Lipinski definition) is 2. The van der Waals surface area contributed by atoms with E-state index in [0.29, 0.717) is 17.0 Å². The molecule has 1 aliphatic rings. The lowest BCUT2D eigenvalue weighted by Gasteiger charge is -2.28. The molecular weight excluding hydrogens is 292 g/mol. The van der Waals surface area contributed by atoms with E-state index >= 15 is 0 Å². The lowest BCUT2D eigenvalue weighted by molar-refractivity contribution is 0.0924. The number of carbonyl (C=O) groups is 1. The first-order valence-electron chi connectivity index (χ1n) is 8.01. The van der Waals surface area contributed by atoms with Gasteiger partial charge in [-0.3, -0.25) is 4.79 Å². The van der Waals surface area contributed by atoms with Crippen LogP contribution in [-0.2, 0) is 0 Å². The zero-order valence-corrected chi connectivity index (χ0v) is 14.3. The molecule has 0 spiro atoms. The average Bonchev–Trinajstić information content (AvgIpc) is 2.96. The Bertz CT molecular complexity index is 692. The van der Waals surface area contributed by atoms with Crippen molar-refractivity contribution < 1.29 is 4.79 Å². The molecule has 0 radical (unpaired) electrons. The van der Waals surface area contributed by atoms with Gasteiger partial charge in [0.2, 0.25) is 0 Å². The molecule has 1 saturated carbocycles. The summed E-state index contributed by atoms with van der Waals surface area (Å²) in [5.41, 5.74) is 4.22. The van der Waals surface area contributed by atoms with E-state index in [2.05, 4.69) is 42.5 Å². The predicted molar refractivity (Wildman–Crippen MR) is 94.8 cm³/mol. The fourth-order valence-electron chi connectivity index (χ4n) is 3.33. The van der Waals surface area contributed by atoms with Gasteiger partial charge in [0.25, 0.3) is 5.91 Å². The Labute approximate surface area is 136 Å². The molecule has 2 aromatic rings. The van der Waals surface area contributed by atoms with Crippen LogP contribution in [0, 0.1) is 13.8 Å². The maximum atomic E-state index is 12.5. The zero-order valence-electron chi connectivity index (χ0n) is 13.5. The van der Waals surface area contributed by atoms with Gasteiger partial charge >= 0.3 is 0 Å². The molecule has 4 heteroatoms. The second-order valence-electron chi connectivity index (χ2n) is 6.35. The number of aromatic nitrogens is 1. The molecule has 0 bridgehead atoms. The Morgan fingerprint density at radius 1 is 1.32 bits per heavy atom. The van der Waals surface area contributed by atoms with E-state index in [4.69, 9.17) is 0 Å². The molecule has 2 atom stereocenters. The van der Waals surface area contributed by atoms with Crippen LogP contribution in [0.5, 0.6) is 0 Å². The molecule has 0 aliphatic heterocycles. The quantitative estimate of drug-likeness (QED) is 0.892. The van der Waals surface area contributed by atoms with Gasteiger partial charge in [-0.15, -0.1) is 0 Å². The maximum absolute atomic E-state index is 12.5. The van der Waals surface area contributed by atoms with Crippen molar-refractivity contribution >= 4 is 28.6 Å². The summed E-state index contributed by atoms with van der Waals surface area (Å²) in [4.78, 5) is 15.8. The van der Waals surface area contributed by atoms with Crippen molar-refractivity contribution in [2.75, 3.05) is 6.26 Å². The van der Waals surface area contributed by atoms with E-state index in [-0.39, 0.29) is 5.91 Å². The largest absolute Gasteiger partial charge is 0.351 e. The summed E-state index contributed by atoms with van der Waals surface area (Å²) in [6, 6.07) is 6.45. The second-order valence-corrected chi connectivity index (χ2v) is 7.48. The van der Waals surface area contributed by atoms with E-state index in [1.807, 2.05) is 17.8 Å². The Morgan fingerprint density at radius 2 is 2.14 bits per heavy atom. The van der Waals surface area contributed by atoms with Crippen LogP contribution in [0.3, 0.4) is 0 Å². The normalized spacial score (nSPS) is 22.0. The van der Waals surface area contributed by atoms with Crippen molar-refractivity contribution in [2.45, 2.75) is 50.8 Å². The van der Waals surface area contributed by atoms with E-state index in [9.17, 15) is 4.79 Å². The summed E-state index contributed by atoms with van der Waals surface area (Å²) in [6.45, 7) is 4.21. The van der Waals surface area contributed by atoms with Crippen molar-refractivity contribution in [2.24, 2.45) is 0 Å². The molecule has 3 nitrogen and oxygen atoms in total. The Hall–Kier alpha value is -1.42. The highest BCUT2D eigenvalue weighted by Gasteiger charge is 2.23. The smallest absolute Gasteiger partial charge is 0.267 e. The van der Waals surface area contributed by atoms with Crippen LogP contribution in [0.1, 0.15) is 47.3 Å². The van der Waals surface area contributed by atoms with Gasteiger partial charge < -0.3 is 10.3 Å². The number of rotatable bonds is 3. The summed E-state index contributed by atoms with van der Waals surface area (Å²) in [5.74, 6) is 0.0278. The highest BCUT2D eigenvalue weighted by atomic mass is 32.2. The molecule has 22 heavy (non-hydrogen) atoms. The van der Waals surface area contributed by atoms with Gasteiger partial charge in [0, 0.05) is 22.2 Å². The molecule has 118 valence electrons. The molecule has 1 aromatic heterocycles. The van der Waals surface area contributed by atoms with Gasteiger partial charge in [-0.25, -0.2) is 0 Å². The first-order valence-corrected chi connectivity index (χ1v) is 9.30. The van der Waals surface area contributed by atoms with Gasteiger partial charge in [-0.2, -0.15) is 11.8 Å². The molecule has 2 N–H and O–H groups in total. The van der Waals surface area contributed by atoms with Crippen LogP contribution in [0.2, 0.25) is 0 Å². The van der Waals surface area contributed by atoms with Crippen LogP contribution in [0.4, 0.5) is 0 Å². The topological polar surface area (TPSA) is 44.9 Å². The highest BCUT2D eigenvalue weighted by molar-refractivity contribution is 7.99. The van der Waals surface area contributed by atoms with E-state index < -0.39 is 0 Å². The van der Waals surface area contributed by atoms with E-state index in [1.54, 1.807) is 0 Å². The lowest BCUT2D eigenvalue weighted by Crippen LogP contribution is -2.39. The standard InChI is InChI=1S/C18H24N2OS/c1-11-7-8-16-15(12(11)2)10-17(20-16)18(21)19-13-5-4-6-14(9-13)22-3/h7-8,10,13-14,20H,4-6,9H2,1-3H3,(H,19,21). The first kappa shape index (κ1) is 15.5. The minimum atomic E-state index is 0.0278. The van der Waals surface area contributed by atoms with Crippen LogP contribution >= 0.6 is 11.8 Å². The summed E-state index contributed by atoms with van der Waals surface area (Å²) >= 11 is 1.92. The van der Waals surface area contributed by atoms with Crippen molar-refractivity contribution in [3.8, 4) is 0 Å². The molecule has 2 unspecified atom stereocenters. The third kappa shape index (κ3) is 3.02. The average molecular weight is 316 g/mol. The fraction of sp³-hybridized carbons (Fsp3) is 0.500. The van der Waals surface area contributed by atoms with Crippen molar-refractivity contribution in [3.05, 3.63) is 35.0 Å². The molecule has 1 fully saturated rings. The number of hydrogen-bond donors (Lipinski definition) is 2. The Morgan fingerprint density at radius 3 is 2.91 bits per heavy atom. The van der Waals surface area contributed by atoms with Gasteiger partial charge in [-0.1, -0.05) is 12.5 Å². The van der Waals surface area contributed by atoms with Crippen molar-refractivity contribution in [1.82, 2.24) is 10.3 Å². The summed E-state index contributed by atoms with van der Waals surface area (Å²) in [6.07, 6.45) is 6.84.